The molecular weight excluding hydrogens is 536 g/mol. The highest BCUT2D eigenvalue weighted by Crippen LogP contribution is 2.42. The first-order chi connectivity index (χ1) is 19.4. The summed E-state index contributed by atoms with van der Waals surface area (Å²) in [5.74, 6) is -0.0675. The van der Waals surface area contributed by atoms with Crippen LogP contribution in [-0.4, -0.2) is 69.5 Å². The number of anilines is 1. The molecule has 5 heterocycles. The molecule has 1 N–H and O–H groups in total. The summed E-state index contributed by atoms with van der Waals surface area (Å²) in [5.41, 5.74) is 0.130. The molecule has 208 valence electrons. The fourth-order valence-corrected chi connectivity index (χ4v) is 7.11. The van der Waals surface area contributed by atoms with Crippen molar-refractivity contribution in [1.29, 1.82) is 0 Å². The van der Waals surface area contributed by atoms with Crippen LogP contribution in [0.15, 0.2) is 36.5 Å². The normalized spacial score (nSPS) is 23.3. The minimum Gasteiger partial charge on any atom is -0.508 e. The number of aromatic hydroxyl groups is 1. The second-order valence-electron chi connectivity index (χ2n) is 11.3. The Bertz CT molecular complexity index is 1610. The van der Waals surface area contributed by atoms with E-state index in [4.69, 9.17) is 21.3 Å². The highest BCUT2D eigenvalue weighted by molar-refractivity contribution is 6.36. The van der Waals surface area contributed by atoms with Gasteiger partial charge < -0.3 is 14.7 Å². The third kappa shape index (κ3) is 4.30. The number of hydrogen-bond donors (Lipinski definition) is 1. The van der Waals surface area contributed by atoms with Crippen molar-refractivity contribution in [1.82, 2.24) is 19.9 Å². The number of phenolic OH excluding ortho intramolecular Hbond substituents is 1. The standard InChI is InChI=1S/C30H30ClF2N5O2/c31-23-7-4-6-18-12-20(39)13-21(24(18)23)26-25(33)27-22(15-34-26)28(37-9-2-1-3-10-37)36-29(35-27)40-17-30-8-5-11-38(30)16-19(32)14-30/h4,6-7,12-13,15,19,39H,1-3,5,8-11,14,16-17H2/t19-,30+/m1/s1. The predicted octanol–water partition coefficient (Wildman–Crippen LogP) is 6.29. The largest absolute Gasteiger partial charge is 0.508 e. The lowest BCUT2D eigenvalue weighted by atomic mass is 9.95. The van der Waals surface area contributed by atoms with E-state index in [1.807, 2.05) is 6.07 Å². The maximum atomic E-state index is 16.5. The number of phenols is 1. The fourth-order valence-electron chi connectivity index (χ4n) is 6.82. The van der Waals surface area contributed by atoms with Crippen molar-refractivity contribution in [3.05, 3.63) is 47.4 Å². The SMILES string of the molecule is Oc1cc(-c2ncc3c(N4CCCCC4)nc(OC[C@@]45CCCN4C[C@H](F)C5)nc3c2F)c2c(Cl)cccc2c1. The van der Waals surface area contributed by atoms with Crippen LogP contribution in [0.2, 0.25) is 5.02 Å². The van der Waals surface area contributed by atoms with Crippen LogP contribution in [0.1, 0.15) is 38.5 Å². The molecule has 0 radical (unpaired) electrons. The average Bonchev–Trinajstić information content (AvgIpc) is 3.47. The van der Waals surface area contributed by atoms with Gasteiger partial charge in [0.15, 0.2) is 5.82 Å². The number of rotatable bonds is 5. The summed E-state index contributed by atoms with van der Waals surface area (Å²) in [7, 11) is 0. The molecule has 0 saturated carbocycles. The highest BCUT2D eigenvalue weighted by atomic mass is 35.5. The Kier molecular flexibility index (Phi) is 6.39. The van der Waals surface area contributed by atoms with Gasteiger partial charge in [-0.15, -0.1) is 0 Å². The number of fused-ring (bicyclic) bond motifs is 3. The molecule has 10 heteroatoms. The number of alkyl halides is 1. The Hall–Kier alpha value is -3.30. The third-order valence-corrected chi connectivity index (χ3v) is 9.01. The van der Waals surface area contributed by atoms with Gasteiger partial charge in [-0.3, -0.25) is 9.88 Å². The summed E-state index contributed by atoms with van der Waals surface area (Å²) in [6, 6.07) is 8.44. The van der Waals surface area contributed by atoms with E-state index in [0.717, 1.165) is 51.7 Å². The van der Waals surface area contributed by atoms with Gasteiger partial charge in [-0.25, -0.2) is 8.78 Å². The molecule has 4 aromatic rings. The quantitative estimate of drug-likeness (QED) is 0.305. The Labute approximate surface area is 235 Å². The van der Waals surface area contributed by atoms with Gasteiger partial charge >= 0.3 is 6.01 Å². The molecule has 7 rings (SSSR count). The van der Waals surface area contributed by atoms with Crippen molar-refractivity contribution in [2.45, 2.75) is 50.2 Å². The number of aromatic nitrogens is 3. The first-order valence-corrected chi connectivity index (χ1v) is 14.3. The topological polar surface area (TPSA) is 74.6 Å². The predicted molar refractivity (Wildman–Crippen MR) is 152 cm³/mol. The average molecular weight is 566 g/mol. The number of hydrogen-bond acceptors (Lipinski definition) is 7. The summed E-state index contributed by atoms with van der Waals surface area (Å²) in [6.45, 7) is 3.12. The molecule has 0 aliphatic carbocycles. The minimum atomic E-state index is -0.875. The molecule has 0 spiro atoms. The monoisotopic (exact) mass is 565 g/mol. The van der Waals surface area contributed by atoms with Crippen molar-refractivity contribution in [2.24, 2.45) is 0 Å². The van der Waals surface area contributed by atoms with Gasteiger partial charge in [0, 0.05) is 48.2 Å². The van der Waals surface area contributed by atoms with Gasteiger partial charge in [0.25, 0.3) is 0 Å². The number of ether oxygens (including phenoxy) is 1. The molecular formula is C30H30ClF2N5O2. The Balaban J connectivity index is 1.35. The summed E-state index contributed by atoms with van der Waals surface area (Å²) < 4.78 is 37.0. The molecule has 3 aliphatic heterocycles. The van der Waals surface area contributed by atoms with Crippen LogP contribution in [0.3, 0.4) is 0 Å². The lowest BCUT2D eigenvalue weighted by Crippen LogP contribution is -2.43. The molecule has 3 aliphatic rings. The molecule has 2 aromatic heterocycles. The summed E-state index contributed by atoms with van der Waals surface area (Å²) >= 11 is 6.53. The van der Waals surface area contributed by atoms with Crippen LogP contribution in [0.4, 0.5) is 14.6 Å². The van der Waals surface area contributed by atoms with Gasteiger partial charge in [0.1, 0.15) is 35.6 Å². The van der Waals surface area contributed by atoms with Crippen LogP contribution < -0.4 is 9.64 Å². The van der Waals surface area contributed by atoms with Gasteiger partial charge in [0.2, 0.25) is 0 Å². The first kappa shape index (κ1) is 25.7. The highest BCUT2D eigenvalue weighted by Gasteiger charge is 2.49. The van der Waals surface area contributed by atoms with Gasteiger partial charge in [0.05, 0.1) is 10.9 Å². The van der Waals surface area contributed by atoms with Crippen LogP contribution in [0.25, 0.3) is 32.9 Å². The molecule has 2 aromatic carbocycles. The van der Waals surface area contributed by atoms with Crippen molar-refractivity contribution in [2.75, 3.05) is 37.7 Å². The second-order valence-corrected chi connectivity index (χ2v) is 11.7. The van der Waals surface area contributed by atoms with E-state index < -0.39 is 12.0 Å². The van der Waals surface area contributed by atoms with Crippen LogP contribution in [0.5, 0.6) is 11.8 Å². The zero-order chi connectivity index (χ0) is 27.4. The Morgan fingerprint density at radius 3 is 2.80 bits per heavy atom. The van der Waals surface area contributed by atoms with E-state index in [1.54, 1.807) is 24.4 Å². The molecule has 0 amide bonds. The number of piperidine rings is 1. The van der Waals surface area contributed by atoms with Crippen LogP contribution in [-0.2, 0) is 0 Å². The zero-order valence-corrected chi connectivity index (χ0v) is 22.8. The third-order valence-electron chi connectivity index (χ3n) is 8.70. The van der Waals surface area contributed by atoms with Crippen molar-refractivity contribution >= 4 is 39.1 Å². The van der Waals surface area contributed by atoms with E-state index in [1.165, 1.54) is 6.07 Å². The Morgan fingerprint density at radius 2 is 1.95 bits per heavy atom. The van der Waals surface area contributed by atoms with Crippen LogP contribution in [0, 0.1) is 5.82 Å². The molecule has 40 heavy (non-hydrogen) atoms. The second kappa shape index (κ2) is 9.96. The van der Waals surface area contributed by atoms with Crippen molar-refractivity contribution < 1.29 is 18.6 Å². The number of halogens is 3. The van der Waals surface area contributed by atoms with Crippen molar-refractivity contribution in [3.63, 3.8) is 0 Å². The van der Waals surface area contributed by atoms with Gasteiger partial charge in [-0.2, -0.15) is 9.97 Å². The Morgan fingerprint density at radius 1 is 1.10 bits per heavy atom. The zero-order valence-electron chi connectivity index (χ0n) is 22.0. The van der Waals surface area contributed by atoms with E-state index in [0.29, 0.717) is 45.5 Å². The van der Waals surface area contributed by atoms with Gasteiger partial charge in [-0.1, -0.05) is 23.7 Å². The van der Waals surface area contributed by atoms with Gasteiger partial charge in [-0.05, 0) is 62.2 Å². The molecule has 2 atom stereocenters. The fraction of sp³-hybridized carbons (Fsp3) is 0.433. The summed E-state index contributed by atoms with van der Waals surface area (Å²) in [5, 5.41) is 12.6. The van der Waals surface area contributed by atoms with E-state index in [-0.39, 0.29) is 35.1 Å². The maximum absolute atomic E-state index is 16.5. The lowest BCUT2D eigenvalue weighted by molar-refractivity contribution is 0.107. The molecule has 3 saturated heterocycles. The molecule has 0 bridgehead atoms. The number of benzene rings is 2. The maximum Gasteiger partial charge on any atom is 0.319 e. The van der Waals surface area contributed by atoms with Crippen molar-refractivity contribution in [3.8, 4) is 23.0 Å². The summed E-state index contributed by atoms with van der Waals surface area (Å²) in [4.78, 5) is 18.1. The van der Waals surface area contributed by atoms with Crippen LogP contribution >= 0.6 is 11.6 Å². The lowest BCUT2D eigenvalue weighted by Gasteiger charge is -2.31. The molecule has 7 nitrogen and oxygen atoms in total. The van der Waals surface area contributed by atoms with E-state index >= 15 is 4.39 Å². The molecule has 3 fully saturated rings. The smallest absolute Gasteiger partial charge is 0.319 e. The number of pyridine rings is 1. The number of nitrogens with zero attached hydrogens (tertiary/aromatic N) is 5. The van der Waals surface area contributed by atoms with E-state index in [2.05, 4.69) is 19.8 Å². The first-order valence-electron chi connectivity index (χ1n) is 14.0. The van der Waals surface area contributed by atoms with E-state index in [9.17, 15) is 9.50 Å². The molecule has 0 unspecified atom stereocenters. The summed E-state index contributed by atoms with van der Waals surface area (Å²) in [6.07, 6.45) is 6.15. The minimum absolute atomic E-state index is 0.0186.